The highest BCUT2D eigenvalue weighted by Crippen LogP contribution is 2.29. The summed E-state index contributed by atoms with van der Waals surface area (Å²) in [4.78, 5) is 10.5. The molecule has 0 spiro atoms. The number of nitrogens with zero attached hydrogens (tertiary/aromatic N) is 2. The quantitative estimate of drug-likeness (QED) is 0.750. The largest absolute Gasteiger partial charge is 0.481 e. The first-order chi connectivity index (χ1) is 6.97. The molecule has 0 bridgehead atoms. The predicted molar refractivity (Wildman–Crippen MR) is 51.7 cm³/mol. The van der Waals surface area contributed by atoms with Gasteiger partial charge < -0.3 is 14.9 Å². The fourth-order valence-corrected chi connectivity index (χ4v) is 1.55. The van der Waals surface area contributed by atoms with Crippen molar-refractivity contribution in [3.63, 3.8) is 0 Å². The van der Waals surface area contributed by atoms with E-state index in [1.54, 1.807) is 14.0 Å². The first-order valence-electron chi connectivity index (χ1n) is 4.44. The number of aromatic nitrogens is 2. The van der Waals surface area contributed by atoms with Gasteiger partial charge in [0.1, 0.15) is 0 Å². The van der Waals surface area contributed by atoms with E-state index in [0.717, 1.165) is 0 Å². The van der Waals surface area contributed by atoms with Crippen LogP contribution in [-0.2, 0) is 11.8 Å². The highest BCUT2D eigenvalue weighted by Gasteiger charge is 2.23. The number of carbonyl (C=O) groups is 1. The molecule has 1 aromatic rings. The Morgan fingerprint density at radius 1 is 1.67 bits per heavy atom. The highest BCUT2D eigenvalue weighted by molar-refractivity contribution is 5.68. The number of aliphatic hydroxyl groups is 1. The molecule has 0 radical (unpaired) electrons. The van der Waals surface area contributed by atoms with Crippen molar-refractivity contribution >= 4 is 5.97 Å². The SMILES string of the molecule is COc1c([C@@H](O)CC(=O)O)c(C)nn1C. The summed E-state index contributed by atoms with van der Waals surface area (Å²) in [6.45, 7) is 1.70. The number of rotatable bonds is 4. The lowest BCUT2D eigenvalue weighted by Crippen LogP contribution is -2.07. The molecular weight excluding hydrogens is 200 g/mol. The number of hydrogen-bond acceptors (Lipinski definition) is 4. The van der Waals surface area contributed by atoms with Gasteiger partial charge in [0.2, 0.25) is 5.88 Å². The number of carboxylic acids is 1. The van der Waals surface area contributed by atoms with Gasteiger partial charge in [-0.05, 0) is 6.92 Å². The Labute approximate surface area is 87.1 Å². The van der Waals surface area contributed by atoms with Gasteiger partial charge in [0.05, 0.1) is 30.9 Å². The van der Waals surface area contributed by atoms with Crippen molar-refractivity contribution in [2.45, 2.75) is 19.4 Å². The molecule has 0 aliphatic rings. The molecule has 0 saturated carbocycles. The van der Waals surface area contributed by atoms with E-state index in [0.29, 0.717) is 17.1 Å². The summed E-state index contributed by atoms with van der Waals surface area (Å²) in [5, 5.41) is 22.3. The number of aryl methyl sites for hydroxylation is 2. The molecule has 1 atom stereocenters. The van der Waals surface area contributed by atoms with Gasteiger partial charge in [0.15, 0.2) is 0 Å². The Bertz CT molecular complexity index is 372. The smallest absolute Gasteiger partial charge is 0.306 e. The second-order valence-electron chi connectivity index (χ2n) is 3.25. The third-order valence-corrected chi connectivity index (χ3v) is 2.11. The van der Waals surface area contributed by atoms with E-state index in [-0.39, 0.29) is 6.42 Å². The van der Waals surface area contributed by atoms with Crippen LogP contribution in [0.4, 0.5) is 0 Å². The molecule has 0 saturated heterocycles. The molecule has 0 aliphatic heterocycles. The van der Waals surface area contributed by atoms with Crippen LogP contribution in [-0.4, -0.2) is 33.1 Å². The van der Waals surface area contributed by atoms with Crippen LogP contribution >= 0.6 is 0 Å². The molecule has 6 heteroatoms. The minimum Gasteiger partial charge on any atom is -0.481 e. The van der Waals surface area contributed by atoms with Crippen LogP contribution in [0.3, 0.4) is 0 Å². The highest BCUT2D eigenvalue weighted by atomic mass is 16.5. The van der Waals surface area contributed by atoms with Crippen molar-refractivity contribution in [2.24, 2.45) is 7.05 Å². The Kier molecular flexibility index (Phi) is 3.31. The molecule has 1 heterocycles. The minimum atomic E-state index is -1.09. The maximum atomic E-state index is 10.5. The fraction of sp³-hybridized carbons (Fsp3) is 0.556. The first kappa shape index (κ1) is 11.5. The van der Waals surface area contributed by atoms with Crippen LogP contribution in [0.15, 0.2) is 0 Å². The zero-order valence-electron chi connectivity index (χ0n) is 8.89. The maximum Gasteiger partial charge on any atom is 0.306 e. The summed E-state index contributed by atoms with van der Waals surface area (Å²) in [5.74, 6) is -0.672. The molecule has 0 aliphatic carbocycles. The Balaban J connectivity index is 3.06. The molecule has 1 rings (SSSR count). The summed E-state index contributed by atoms with van der Waals surface area (Å²) in [5.41, 5.74) is 1.01. The van der Waals surface area contributed by atoms with E-state index in [9.17, 15) is 9.90 Å². The molecule has 6 nitrogen and oxygen atoms in total. The zero-order valence-corrected chi connectivity index (χ0v) is 8.89. The summed E-state index contributed by atoms with van der Waals surface area (Å²) in [6.07, 6.45) is -1.45. The van der Waals surface area contributed by atoms with E-state index in [1.807, 2.05) is 0 Å². The van der Waals surface area contributed by atoms with Gasteiger partial charge >= 0.3 is 5.97 Å². The molecule has 2 N–H and O–H groups in total. The lowest BCUT2D eigenvalue weighted by Gasteiger charge is -2.09. The van der Waals surface area contributed by atoms with E-state index < -0.39 is 12.1 Å². The predicted octanol–water partition coefficient (Wildman–Crippen LogP) is 0.245. The standard InChI is InChI=1S/C9H14N2O4/c1-5-8(6(12)4-7(13)14)9(15-3)11(2)10-5/h6,12H,4H2,1-3H3,(H,13,14)/t6-/m0/s1. The van der Waals surface area contributed by atoms with E-state index in [2.05, 4.69) is 5.10 Å². The number of ether oxygens (including phenoxy) is 1. The topological polar surface area (TPSA) is 84.6 Å². The Morgan fingerprint density at radius 3 is 2.73 bits per heavy atom. The average Bonchev–Trinajstić information content (AvgIpc) is 2.38. The lowest BCUT2D eigenvalue weighted by molar-refractivity contribution is -0.139. The number of methoxy groups -OCH3 is 1. The molecule has 0 aromatic carbocycles. The van der Waals surface area contributed by atoms with Gasteiger partial charge in [-0.1, -0.05) is 0 Å². The Hall–Kier alpha value is -1.56. The second kappa shape index (κ2) is 4.31. The van der Waals surface area contributed by atoms with Crippen molar-refractivity contribution in [3.05, 3.63) is 11.3 Å². The van der Waals surface area contributed by atoms with Crippen LogP contribution in [0.1, 0.15) is 23.8 Å². The minimum absolute atomic E-state index is 0.358. The van der Waals surface area contributed by atoms with Crippen molar-refractivity contribution in [3.8, 4) is 5.88 Å². The van der Waals surface area contributed by atoms with E-state index in [1.165, 1.54) is 11.8 Å². The van der Waals surface area contributed by atoms with Crippen molar-refractivity contribution in [2.75, 3.05) is 7.11 Å². The number of aliphatic hydroxyl groups excluding tert-OH is 1. The summed E-state index contributed by atoms with van der Waals surface area (Å²) >= 11 is 0. The van der Waals surface area contributed by atoms with Gasteiger partial charge in [0.25, 0.3) is 0 Å². The monoisotopic (exact) mass is 214 g/mol. The normalized spacial score (nSPS) is 12.5. The van der Waals surface area contributed by atoms with Crippen molar-refractivity contribution < 1.29 is 19.7 Å². The van der Waals surface area contributed by atoms with Crippen LogP contribution in [0.25, 0.3) is 0 Å². The zero-order chi connectivity index (χ0) is 11.6. The number of aliphatic carboxylic acids is 1. The number of hydrogen-bond donors (Lipinski definition) is 2. The molecular formula is C9H14N2O4. The van der Waals surface area contributed by atoms with Crippen LogP contribution in [0.2, 0.25) is 0 Å². The molecule has 84 valence electrons. The van der Waals surface area contributed by atoms with E-state index >= 15 is 0 Å². The third kappa shape index (κ3) is 2.27. The van der Waals surface area contributed by atoms with Gasteiger partial charge in [-0.3, -0.25) is 4.79 Å². The molecule has 1 aromatic heterocycles. The third-order valence-electron chi connectivity index (χ3n) is 2.11. The molecule has 0 fully saturated rings. The molecule has 0 unspecified atom stereocenters. The van der Waals surface area contributed by atoms with E-state index in [4.69, 9.17) is 9.84 Å². The maximum absolute atomic E-state index is 10.5. The van der Waals surface area contributed by atoms with Crippen LogP contribution < -0.4 is 4.74 Å². The molecule has 15 heavy (non-hydrogen) atoms. The average molecular weight is 214 g/mol. The van der Waals surface area contributed by atoms with Crippen molar-refractivity contribution in [1.29, 1.82) is 0 Å². The molecule has 0 amide bonds. The fourth-order valence-electron chi connectivity index (χ4n) is 1.55. The second-order valence-corrected chi connectivity index (χ2v) is 3.25. The number of carboxylic acid groups (broad SMARTS) is 1. The van der Waals surface area contributed by atoms with Crippen LogP contribution in [0.5, 0.6) is 5.88 Å². The van der Waals surface area contributed by atoms with Gasteiger partial charge in [-0.2, -0.15) is 5.10 Å². The summed E-state index contributed by atoms with van der Waals surface area (Å²) in [7, 11) is 3.12. The van der Waals surface area contributed by atoms with Gasteiger partial charge in [-0.25, -0.2) is 4.68 Å². The van der Waals surface area contributed by atoms with Crippen molar-refractivity contribution in [1.82, 2.24) is 9.78 Å². The Morgan fingerprint density at radius 2 is 2.27 bits per heavy atom. The van der Waals surface area contributed by atoms with Gasteiger partial charge in [-0.15, -0.1) is 0 Å². The van der Waals surface area contributed by atoms with Gasteiger partial charge in [0, 0.05) is 7.05 Å². The summed E-state index contributed by atoms with van der Waals surface area (Å²) in [6, 6.07) is 0. The summed E-state index contributed by atoms with van der Waals surface area (Å²) < 4.78 is 6.52. The van der Waals surface area contributed by atoms with Crippen LogP contribution in [0, 0.1) is 6.92 Å². The lowest BCUT2D eigenvalue weighted by atomic mass is 10.1. The first-order valence-corrected chi connectivity index (χ1v) is 4.44.